The molecule has 1 fully saturated rings. The van der Waals surface area contributed by atoms with E-state index in [9.17, 15) is 8.42 Å². The summed E-state index contributed by atoms with van der Waals surface area (Å²) < 4.78 is 37.3. The minimum absolute atomic E-state index is 0.0300. The van der Waals surface area contributed by atoms with Crippen molar-refractivity contribution in [1.29, 1.82) is 0 Å². The van der Waals surface area contributed by atoms with E-state index >= 15 is 0 Å². The minimum Gasteiger partial charge on any atom is -0.491 e. The average Bonchev–Trinajstić information content (AvgIpc) is 2.92. The molecule has 1 aromatic carbocycles. The van der Waals surface area contributed by atoms with Gasteiger partial charge < -0.3 is 14.8 Å². The first-order valence-electron chi connectivity index (χ1n) is 6.56. The monoisotopic (exact) mass is 300 g/mol. The van der Waals surface area contributed by atoms with Gasteiger partial charge in [0.15, 0.2) is 0 Å². The van der Waals surface area contributed by atoms with Gasteiger partial charge in [-0.2, -0.15) is 0 Å². The Kier molecular flexibility index (Phi) is 5.36. The first kappa shape index (κ1) is 15.2. The van der Waals surface area contributed by atoms with Crippen molar-refractivity contribution in [3.8, 4) is 5.75 Å². The molecule has 7 heteroatoms. The fourth-order valence-electron chi connectivity index (χ4n) is 2.00. The van der Waals surface area contributed by atoms with Gasteiger partial charge in [-0.25, -0.2) is 13.1 Å². The fraction of sp³-hybridized carbons (Fsp3) is 0.538. The molecule has 1 aliphatic heterocycles. The zero-order chi connectivity index (χ0) is 14.4. The average molecular weight is 300 g/mol. The van der Waals surface area contributed by atoms with E-state index in [4.69, 9.17) is 9.47 Å². The van der Waals surface area contributed by atoms with Crippen LogP contribution in [0.4, 0.5) is 0 Å². The number of benzene rings is 1. The lowest BCUT2D eigenvalue weighted by atomic mass is 10.3. The van der Waals surface area contributed by atoms with E-state index in [2.05, 4.69) is 10.0 Å². The Morgan fingerprint density at radius 2 is 2.05 bits per heavy atom. The van der Waals surface area contributed by atoms with Crippen LogP contribution in [0.15, 0.2) is 29.2 Å². The molecule has 20 heavy (non-hydrogen) atoms. The highest BCUT2D eigenvalue weighted by Crippen LogP contribution is 2.16. The second kappa shape index (κ2) is 7.03. The summed E-state index contributed by atoms with van der Waals surface area (Å²) in [5.41, 5.74) is 0. The van der Waals surface area contributed by atoms with Gasteiger partial charge in [0.25, 0.3) is 0 Å². The largest absolute Gasteiger partial charge is 0.491 e. The first-order valence-corrected chi connectivity index (χ1v) is 8.05. The molecule has 1 aliphatic rings. The van der Waals surface area contributed by atoms with E-state index in [1.807, 2.05) is 0 Å². The SMILES string of the molecule is COCCOc1ccc(S(=O)(=O)N[C@@H]2CCNC2)cc1. The molecule has 0 aliphatic carbocycles. The highest BCUT2D eigenvalue weighted by atomic mass is 32.2. The first-order chi connectivity index (χ1) is 9.62. The molecule has 2 N–H and O–H groups in total. The molecule has 0 aromatic heterocycles. The minimum atomic E-state index is -3.46. The van der Waals surface area contributed by atoms with E-state index in [-0.39, 0.29) is 10.9 Å². The summed E-state index contributed by atoms with van der Waals surface area (Å²) in [6.45, 7) is 2.46. The van der Waals surface area contributed by atoms with Crippen LogP contribution in [0.3, 0.4) is 0 Å². The van der Waals surface area contributed by atoms with Gasteiger partial charge >= 0.3 is 0 Å². The maximum absolute atomic E-state index is 12.2. The summed E-state index contributed by atoms with van der Waals surface area (Å²) in [7, 11) is -1.86. The lowest BCUT2D eigenvalue weighted by molar-refractivity contribution is 0.146. The van der Waals surface area contributed by atoms with Gasteiger partial charge in [-0.15, -0.1) is 0 Å². The summed E-state index contributed by atoms with van der Waals surface area (Å²) in [5, 5.41) is 3.13. The zero-order valence-corrected chi connectivity index (χ0v) is 12.3. The Morgan fingerprint density at radius 3 is 2.65 bits per heavy atom. The van der Waals surface area contributed by atoms with Crippen molar-refractivity contribution >= 4 is 10.0 Å². The lowest BCUT2D eigenvalue weighted by Crippen LogP contribution is -2.36. The van der Waals surface area contributed by atoms with Gasteiger partial charge in [-0.05, 0) is 37.2 Å². The molecule has 0 radical (unpaired) electrons. The highest BCUT2D eigenvalue weighted by molar-refractivity contribution is 7.89. The van der Waals surface area contributed by atoms with Gasteiger partial charge in [-0.3, -0.25) is 0 Å². The Morgan fingerprint density at radius 1 is 1.30 bits per heavy atom. The van der Waals surface area contributed by atoms with Crippen molar-refractivity contribution in [2.75, 3.05) is 33.4 Å². The molecule has 0 spiro atoms. The number of rotatable bonds is 7. The van der Waals surface area contributed by atoms with Crippen LogP contribution < -0.4 is 14.8 Å². The van der Waals surface area contributed by atoms with Crippen LogP contribution in [0.2, 0.25) is 0 Å². The Bertz CT molecular complexity index is 510. The standard InChI is InChI=1S/C13H20N2O4S/c1-18-8-9-19-12-2-4-13(5-3-12)20(16,17)15-11-6-7-14-10-11/h2-5,11,14-15H,6-10H2,1H3/t11-/m1/s1. The van der Waals surface area contributed by atoms with E-state index in [0.29, 0.717) is 25.5 Å². The van der Waals surface area contributed by atoms with Gasteiger partial charge in [0, 0.05) is 19.7 Å². The molecule has 1 heterocycles. The third kappa shape index (κ3) is 4.17. The second-order valence-electron chi connectivity index (χ2n) is 4.62. The van der Waals surface area contributed by atoms with Crippen LogP contribution in [-0.2, 0) is 14.8 Å². The molecular weight excluding hydrogens is 280 g/mol. The Labute approximate surface area is 119 Å². The fourth-order valence-corrected chi connectivity index (χ4v) is 3.27. The maximum Gasteiger partial charge on any atom is 0.240 e. The quantitative estimate of drug-likeness (QED) is 0.711. The van der Waals surface area contributed by atoms with Crippen molar-refractivity contribution in [3.63, 3.8) is 0 Å². The zero-order valence-electron chi connectivity index (χ0n) is 11.5. The van der Waals surface area contributed by atoms with E-state index < -0.39 is 10.0 Å². The van der Waals surface area contributed by atoms with Crippen molar-refractivity contribution in [2.45, 2.75) is 17.4 Å². The van der Waals surface area contributed by atoms with Crippen LogP contribution in [0.25, 0.3) is 0 Å². The van der Waals surface area contributed by atoms with Crippen molar-refractivity contribution in [3.05, 3.63) is 24.3 Å². The van der Waals surface area contributed by atoms with Crippen LogP contribution in [0.1, 0.15) is 6.42 Å². The third-order valence-corrected chi connectivity index (χ3v) is 4.61. The maximum atomic E-state index is 12.2. The molecule has 6 nitrogen and oxygen atoms in total. The Hall–Kier alpha value is -1.15. The van der Waals surface area contributed by atoms with Crippen LogP contribution >= 0.6 is 0 Å². The van der Waals surface area contributed by atoms with Gasteiger partial charge in [0.05, 0.1) is 11.5 Å². The number of nitrogens with one attached hydrogen (secondary N) is 2. The van der Waals surface area contributed by atoms with E-state index in [1.54, 1.807) is 31.4 Å². The summed E-state index contributed by atoms with van der Waals surface area (Å²) in [5.74, 6) is 0.628. The topological polar surface area (TPSA) is 76.7 Å². The van der Waals surface area contributed by atoms with Crippen LogP contribution in [-0.4, -0.2) is 47.9 Å². The van der Waals surface area contributed by atoms with Crippen molar-refractivity contribution in [2.24, 2.45) is 0 Å². The van der Waals surface area contributed by atoms with Crippen LogP contribution in [0.5, 0.6) is 5.75 Å². The second-order valence-corrected chi connectivity index (χ2v) is 6.34. The van der Waals surface area contributed by atoms with Gasteiger partial charge in [0.2, 0.25) is 10.0 Å². The number of hydrogen-bond donors (Lipinski definition) is 2. The highest BCUT2D eigenvalue weighted by Gasteiger charge is 2.22. The molecule has 2 rings (SSSR count). The molecular formula is C13H20N2O4S. The lowest BCUT2D eigenvalue weighted by Gasteiger charge is -2.12. The number of ether oxygens (including phenoxy) is 2. The van der Waals surface area contributed by atoms with Crippen molar-refractivity contribution < 1.29 is 17.9 Å². The van der Waals surface area contributed by atoms with Crippen LogP contribution in [0, 0.1) is 0 Å². The summed E-state index contributed by atoms with van der Waals surface area (Å²) in [6, 6.07) is 6.37. The third-order valence-electron chi connectivity index (χ3n) is 3.07. The smallest absolute Gasteiger partial charge is 0.240 e. The summed E-state index contributed by atoms with van der Waals surface area (Å²) in [4.78, 5) is 0.253. The molecule has 1 aromatic rings. The molecule has 1 saturated heterocycles. The van der Waals surface area contributed by atoms with Gasteiger partial charge in [0.1, 0.15) is 12.4 Å². The molecule has 0 amide bonds. The van der Waals surface area contributed by atoms with E-state index in [0.717, 1.165) is 13.0 Å². The number of sulfonamides is 1. The predicted octanol–water partition coefficient (Wildman–Crippen LogP) is 0.352. The summed E-state index contributed by atoms with van der Waals surface area (Å²) >= 11 is 0. The molecule has 0 saturated carbocycles. The molecule has 1 atom stereocenters. The summed E-state index contributed by atoms with van der Waals surface area (Å²) in [6.07, 6.45) is 0.817. The molecule has 0 unspecified atom stereocenters. The molecule has 112 valence electrons. The van der Waals surface area contributed by atoms with Gasteiger partial charge in [-0.1, -0.05) is 0 Å². The Balaban J connectivity index is 1.97. The number of hydrogen-bond acceptors (Lipinski definition) is 5. The van der Waals surface area contributed by atoms with E-state index in [1.165, 1.54) is 0 Å². The predicted molar refractivity (Wildman–Crippen MR) is 75.4 cm³/mol. The molecule has 0 bridgehead atoms. The normalized spacial score (nSPS) is 19.1. The number of methoxy groups -OCH3 is 1. The van der Waals surface area contributed by atoms with Crippen molar-refractivity contribution in [1.82, 2.24) is 10.0 Å².